The van der Waals surface area contributed by atoms with Crippen LogP contribution in [0.4, 0.5) is 5.69 Å². The van der Waals surface area contributed by atoms with Crippen LogP contribution in [0, 0.1) is 10.1 Å². The number of nitro benzene ring substituents is 1. The van der Waals surface area contributed by atoms with Crippen molar-refractivity contribution in [3.8, 4) is 5.75 Å². The number of nitrogens with zero attached hydrogens (tertiary/aromatic N) is 2. The molecule has 25 heavy (non-hydrogen) atoms. The molecular formula is C17H18N4O3S. The molecule has 2 N–H and O–H groups in total. The van der Waals surface area contributed by atoms with Crippen molar-refractivity contribution in [3.63, 3.8) is 0 Å². The molecule has 0 aliphatic heterocycles. The lowest BCUT2D eigenvalue weighted by Gasteiger charge is -2.08. The van der Waals surface area contributed by atoms with E-state index in [4.69, 9.17) is 17.0 Å². The molecule has 8 heteroatoms. The summed E-state index contributed by atoms with van der Waals surface area (Å²) in [6.07, 6.45) is 1.47. The second-order valence-electron chi connectivity index (χ2n) is 4.98. The first-order valence-electron chi connectivity index (χ1n) is 7.61. The Morgan fingerprint density at radius 2 is 2.08 bits per heavy atom. The molecule has 2 rings (SSSR count). The van der Waals surface area contributed by atoms with E-state index in [2.05, 4.69) is 15.8 Å². The number of thiocarbonyl (C=S) groups is 1. The molecule has 7 nitrogen and oxygen atoms in total. The third-order valence-corrected chi connectivity index (χ3v) is 3.38. The summed E-state index contributed by atoms with van der Waals surface area (Å²) in [6, 6.07) is 13.9. The fraction of sp³-hybridized carbons (Fsp3) is 0.176. The molecule has 2 aromatic rings. The van der Waals surface area contributed by atoms with Crippen molar-refractivity contribution in [1.82, 2.24) is 10.7 Å². The normalized spacial score (nSPS) is 10.4. The van der Waals surface area contributed by atoms with Crippen molar-refractivity contribution >= 4 is 29.2 Å². The first-order valence-corrected chi connectivity index (χ1v) is 8.02. The second-order valence-corrected chi connectivity index (χ2v) is 5.39. The van der Waals surface area contributed by atoms with Gasteiger partial charge >= 0.3 is 0 Å². The molecule has 0 saturated carbocycles. The summed E-state index contributed by atoms with van der Waals surface area (Å²) in [6.45, 7) is 3.12. The lowest BCUT2D eigenvalue weighted by Crippen LogP contribution is -2.31. The van der Waals surface area contributed by atoms with Crippen molar-refractivity contribution in [3.05, 3.63) is 69.8 Å². The van der Waals surface area contributed by atoms with Gasteiger partial charge in [0.15, 0.2) is 5.11 Å². The van der Waals surface area contributed by atoms with Crippen LogP contribution in [0.3, 0.4) is 0 Å². The average Bonchev–Trinajstić information content (AvgIpc) is 2.61. The standard InChI is InChI=1S/C17H18N4O3S/c1-2-24-16-8-6-13(7-9-16)11-18-17(25)20-19-12-14-4-3-5-15(10-14)21(22)23/h3-10,12H,2,11H2,1H3,(H2,18,20,25)/b19-12+. The molecule has 130 valence electrons. The van der Waals surface area contributed by atoms with Crippen LogP contribution in [0.1, 0.15) is 18.1 Å². The third-order valence-electron chi connectivity index (χ3n) is 3.15. The summed E-state index contributed by atoms with van der Waals surface area (Å²) in [5.74, 6) is 0.827. The van der Waals surface area contributed by atoms with Crippen molar-refractivity contribution in [1.29, 1.82) is 0 Å². The number of nitrogens with one attached hydrogen (secondary N) is 2. The maximum absolute atomic E-state index is 10.7. The zero-order valence-electron chi connectivity index (χ0n) is 13.6. The summed E-state index contributed by atoms with van der Waals surface area (Å²) in [5, 5.41) is 18.1. The second kappa shape index (κ2) is 9.33. The highest BCUT2D eigenvalue weighted by atomic mass is 32.1. The Morgan fingerprint density at radius 1 is 1.32 bits per heavy atom. The predicted molar refractivity (Wildman–Crippen MR) is 101 cm³/mol. The van der Waals surface area contributed by atoms with Gasteiger partial charge in [-0.3, -0.25) is 15.5 Å². The SMILES string of the molecule is CCOc1ccc(CNC(=S)N/N=C/c2cccc([N+](=O)[O-])c2)cc1. The zero-order chi connectivity index (χ0) is 18.1. The number of hydrazone groups is 1. The van der Waals surface area contributed by atoms with E-state index in [0.717, 1.165) is 11.3 Å². The van der Waals surface area contributed by atoms with Gasteiger partial charge in [-0.15, -0.1) is 0 Å². The molecule has 0 aliphatic rings. The third kappa shape index (κ3) is 6.19. The van der Waals surface area contributed by atoms with Gasteiger partial charge < -0.3 is 10.1 Å². The molecule has 0 radical (unpaired) electrons. The molecule has 0 spiro atoms. The number of benzene rings is 2. The molecule has 0 fully saturated rings. The van der Waals surface area contributed by atoms with Crippen LogP contribution < -0.4 is 15.5 Å². The van der Waals surface area contributed by atoms with Crippen LogP contribution in [-0.2, 0) is 6.54 Å². The van der Waals surface area contributed by atoms with Crippen molar-refractivity contribution < 1.29 is 9.66 Å². The molecule has 0 amide bonds. The van der Waals surface area contributed by atoms with Crippen LogP contribution in [0.15, 0.2) is 53.6 Å². The van der Waals surface area contributed by atoms with E-state index in [1.807, 2.05) is 31.2 Å². The highest BCUT2D eigenvalue weighted by Crippen LogP contribution is 2.12. The Labute approximate surface area is 150 Å². The Morgan fingerprint density at radius 3 is 2.76 bits per heavy atom. The monoisotopic (exact) mass is 358 g/mol. The lowest BCUT2D eigenvalue weighted by molar-refractivity contribution is -0.384. The minimum Gasteiger partial charge on any atom is -0.494 e. The van der Waals surface area contributed by atoms with Gasteiger partial charge in [-0.25, -0.2) is 0 Å². The van der Waals surface area contributed by atoms with Crippen molar-refractivity contribution in [2.45, 2.75) is 13.5 Å². The molecule has 0 heterocycles. The smallest absolute Gasteiger partial charge is 0.270 e. The van der Waals surface area contributed by atoms with Gasteiger partial charge in [-0.2, -0.15) is 5.10 Å². The number of non-ortho nitro benzene ring substituents is 1. The average molecular weight is 358 g/mol. The zero-order valence-corrected chi connectivity index (χ0v) is 14.5. The number of hydrogen-bond donors (Lipinski definition) is 2. The molecule has 0 aromatic heterocycles. The predicted octanol–water partition coefficient (Wildman–Crippen LogP) is 2.99. The number of rotatable bonds is 7. The molecule has 0 saturated heterocycles. The van der Waals surface area contributed by atoms with E-state index in [0.29, 0.717) is 23.8 Å². The van der Waals surface area contributed by atoms with Gasteiger partial charge in [0.2, 0.25) is 0 Å². The Balaban J connectivity index is 1.80. The quantitative estimate of drug-likeness (QED) is 0.342. The fourth-order valence-corrected chi connectivity index (χ4v) is 2.10. The van der Waals surface area contributed by atoms with E-state index in [1.54, 1.807) is 12.1 Å². The summed E-state index contributed by atoms with van der Waals surface area (Å²) in [4.78, 5) is 10.3. The van der Waals surface area contributed by atoms with Gasteiger partial charge in [0, 0.05) is 24.2 Å². The van der Waals surface area contributed by atoms with Gasteiger partial charge in [-0.05, 0) is 36.8 Å². The fourth-order valence-electron chi connectivity index (χ4n) is 1.98. The molecule has 0 bridgehead atoms. The summed E-state index contributed by atoms with van der Waals surface area (Å²) in [5.41, 5.74) is 4.35. The molecule has 2 aromatic carbocycles. The number of hydrogen-bond acceptors (Lipinski definition) is 5. The topological polar surface area (TPSA) is 88.8 Å². The summed E-state index contributed by atoms with van der Waals surface area (Å²) < 4.78 is 5.38. The first kappa shape index (κ1) is 18.3. The highest BCUT2D eigenvalue weighted by molar-refractivity contribution is 7.80. The summed E-state index contributed by atoms with van der Waals surface area (Å²) in [7, 11) is 0. The molecule has 0 atom stereocenters. The van der Waals surface area contributed by atoms with E-state index >= 15 is 0 Å². The largest absolute Gasteiger partial charge is 0.494 e. The van der Waals surface area contributed by atoms with E-state index in [1.165, 1.54) is 18.3 Å². The minimum absolute atomic E-state index is 0.0140. The van der Waals surface area contributed by atoms with E-state index in [9.17, 15) is 10.1 Å². The highest BCUT2D eigenvalue weighted by Gasteiger charge is 2.04. The minimum atomic E-state index is -0.451. The molecule has 0 unspecified atom stereocenters. The van der Waals surface area contributed by atoms with Crippen LogP contribution in [0.2, 0.25) is 0 Å². The number of ether oxygens (including phenoxy) is 1. The van der Waals surface area contributed by atoms with Crippen LogP contribution >= 0.6 is 12.2 Å². The Bertz CT molecular complexity index is 763. The summed E-state index contributed by atoms with van der Waals surface area (Å²) >= 11 is 5.13. The van der Waals surface area contributed by atoms with Crippen LogP contribution in [0.5, 0.6) is 5.75 Å². The number of nitro groups is 1. The van der Waals surface area contributed by atoms with Crippen LogP contribution in [0.25, 0.3) is 0 Å². The van der Waals surface area contributed by atoms with Crippen LogP contribution in [-0.4, -0.2) is 22.9 Å². The molecular weight excluding hydrogens is 340 g/mol. The lowest BCUT2D eigenvalue weighted by atomic mass is 10.2. The van der Waals surface area contributed by atoms with E-state index in [-0.39, 0.29) is 5.69 Å². The Hall–Kier alpha value is -3.00. The Kier molecular flexibility index (Phi) is 6.85. The van der Waals surface area contributed by atoms with Gasteiger partial charge in [0.05, 0.1) is 17.7 Å². The maximum Gasteiger partial charge on any atom is 0.270 e. The van der Waals surface area contributed by atoms with E-state index < -0.39 is 4.92 Å². The maximum atomic E-state index is 10.7. The van der Waals surface area contributed by atoms with Gasteiger partial charge in [0.1, 0.15) is 5.75 Å². The molecule has 0 aliphatic carbocycles. The van der Waals surface area contributed by atoms with Crippen molar-refractivity contribution in [2.24, 2.45) is 5.10 Å². The van der Waals surface area contributed by atoms with Gasteiger partial charge in [0.25, 0.3) is 5.69 Å². The first-order chi connectivity index (χ1) is 12.1. The van der Waals surface area contributed by atoms with Crippen molar-refractivity contribution in [2.75, 3.05) is 6.61 Å². The van der Waals surface area contributed by atoms with Gasteiger partial charge in [-0.1, -0.05) is 24.3 Å².